The van der Waals surface area contributed by atoms with Crippen LogP contribution in [0.5, 0.6) is 0 Å². The first kappa shape index (κ1) is 8.99. The number of hydrogen-bond donors (Lipinski definition) is 1. The molecule has 0 aliphatic rings. The van der Waals surface area contributed by atoms with Crippen LogP contribution in [0, 0.1) is 0 Å². The van der Waals surface area contributed by atoms with Crippen LogP contribution in [0.3, 0.4) is 0 Å². The third-order valence-electron chi connectivity index (χ3n) is 2.25. The third-order valence-corrected chi connectivity index (χ3v) is 2.25. The molecule has 2 N–H and O–H groups in total. The highest BCUT2D eigenvalue weighted by atomic mass is 15.3. The summed E-state index contributed by atoms with van der Waals surface area (Å²) < 4.78 is 1.91. The van der Waals surface area contributed by atoms with Gasteiger partial charge in [0.05, 0.1) is 5.39 Å². The van der Waals surface area contributed by atoms with E-state index < -0.39 is 0 Å². The van der Waals surface area contributed by atoms with Crippen molar-refractivity contribution in [2.75, 3.05) is 5.73 Å². The third kappa shape index (κ3) is 1.14. The maximum Gasteiger partial charge on any atom is 0.185 e. The lowest BCUT2D eigenvalue weighted by atomic mass is 10.0. The minimum absolute atomic E-state index is 0.309. The minimum atomic E-state index is 0.309. The highest BCUT2D eigenvalue weighted by molar-refractivity contribution is 6.38. The lowest BCUT2D eigenvalue weighted by molar-refractivity contribution is 0.550. The number of hydrogen-bond acceptors (Lipinski definition) is 4. The SMILES string of the molecule is Bc1c2c(N)ncnc2nn1C(C)C. The molecule has 0 amide bonds. The molecule has 0 saturated heterocycles. The average Bonchev–Trinajstić information content (AvgIpc) is 2.45. The van der Waals surface area contributed by atoms with Gasteiger partial charge in [0.25, 0.3) is 0 Å². The summed E-state index contributed by atoms with van der Waals surface area (Å²) in [6.07, 6.45) is 1.44. The van der Waals surface area contributed by atoms with E-state index in [4.69, 9.17) is 5.73 Å². The van der Waals surface area contributed by atoms with E-state index in [-0.39, 0.29) is 0 Å². The van der Waals surface area contributed by atoms with Crippen molar-refractivity contribution in [3.63, 3.8) is 0 Å². The highest BCUT2D eigenvalue weighted by Gasteiger charge is 2.12. The molecule has 5 nitrogen and oxygen atoms in total. The molecule has 0 spiro atoms. The lowest BCUT2D eigenvalue weighted by Crippen LogP contribution is -2.21. The second-order valence-electron chi connectivity index (χ2n) is 3.58. The van der Waals surface area contributed by atoms with Crippen molar-refractivity contribution in [2.45, 2.75) is 19.9 Å². The van der Waals surface area contributed by atoms with Gasteiger partial charge in [0, 0.05) is 11.6 Å². The largest absolute Gasteiger partial charge is 0.383 e. The summed E-state index contributed by atoms with van der Waals surface area (Å²) in [5.41, 5.74) is 7.46. The van der Waals surface area contributed by atoms with Gasteiger partial charge in [-0.15, -0.1) is 0 Å². The van der Waals surface area contributed by atoms with Crippen molar-refractivity contribution in [2.24, 2.45) is 0 Å². The van der Waals surface area contributed by atoms with E-state index in [0.717, 1.165) is 11.0 Å². The van der Waals surface area contributed by atoms with E-state index in [1.54, 1.807) is 0 Å². The number of fused-ring (bicyclic) bond motifs is 1. The van der Waals surface area contributed by atoms with Gasteiger partial charge in [0.15, 0.2) is 13.5 Å². The van der Waals surface area contributed by atoms with Gasteiger partial charge in [-0.25, -0.2) is 9.97 Å². The number of nitrogen functional groups attached to an aromatic ring is 1. The molecule has 72 valence electrons. The summed E-state index contributed by atoms with van der Waals surface area (Å²) >= 11 is 0. The van der Waals surface area contributed by atoms with Crippen molar-refractivity contribution in [1.29, 1.82) is 0 Å². The van der Waals surface area contributed by atoms with E-state index in [1.165, 1.54) is 6.33 Å². The predicted octanol–water partition coefficient (Wildman–Crippen LogP) is -0.752. The molecule has 6 heteroatoms. The Hall–Kier alpha value is -1.59. The molecule has 0 aliphatic carbocycles. The first-order chi connectivity index (χ1) is 6.61. The molecule has 0 atom stereocenters. The second kappa shape index (κ2) is 2.97. The van der Waals surface area contributed by atoms with Gasteiger partial charge in [-0.1, -0.05) is 0 Å². The van der Waals surface area contributed by atoms with Crippen LogP contribution in [-0.4, -0.2) is 27.6 Å². The lowest BCUT2D eigenvalue weighted by Gasteiger charge is -2.07. The highest BCUT2D eigenvalue weighted by Crippen LogP contribution is 2.13. The molecule has 2 aromatic rings. The topological polar surface area (TPSA) is 69.6 Å². The van der Waals surface area contributed by atoms with Gasteiger partial charge in [0.2, 0.25) is 0 Å². The molecule has 0 radical (unpaired) electrons. The predicted molar refractivity (Wildman–Crippen MR) is 58.3 cm³/mol. The van der Waals surface area contributed by atoms with E-state index in [0.29, 0.717) is 17.5 Å². The fraction of sp³-hybridized carbons (Fsp3) is 0.375. The van der Waals surface area contributed by atoms with Crippen molar-refractivity contribution < 1.29 is 0 Å². The molecule has 0 saturated carbocycles. The zero-order valence-corrected chi connectivity index (χ0v) is 8.52. The van der Waals surface area contributed by atoms with Crippen molar-refractivity contribution in [1.82, 2.24) is 19.7 Å². The number of nitrogens with zero attached hydrogens (tertiary/aromatic N) is 4. The van der Waals surface area contributed by atoms with Gasteiger partial charge in [0.1, 0.15) is 12.1 Å². The maximum atomic E-state index is 5.77. The first-order valence-corrected chi connectivity index (χ1v) is 4.56. The molecule has 0 aromatic carbocycles. The summed E-state index contributed by atoms with van der Waals surface area (Å²) in [5.74, 6) is 0.499. The fourth-order valence-electron chi connectivity index (χ4n) is 1.61. The summed E-state index contributed by atoms with van der Waals surface area (Å²) in [4.78, 5) is 8.04. The molecule has 14 heavy (non-hydrogen) atoms. The molecule has 2 aromatic heterocycles. The molecule has 0 bridgehead atoms. The summed E-state index contributed by atoms with van der Waals surface area (Å²) in [6.45, 7) is 4.14. The van der Waals surface area contributed by atoms with Crippen molar-refractivity contribution >= 4 is 30.3 Å². The molecular weight excluding hydrogens is 177 g/mol. The molecule has 0 aliphatic heterocycles. The summed E-state index contributed by atoms with van der Waals surface area (Å²) in [5, 5.41) is 5.22. The van der Waals surface area contributed by atoms with Gasteiger partial charge in [-0.05, 0) is 13.8 Å². The summed E-state index contributed by atoms with van der Waals surface area (Å²) in [7, 11) is 1.98. The molecular formula is C8H12BN5. The minimum Gasteiger partial charge on any atom is -0.383 e. The normalized spacial score (nSPS) is 11.4. The molecule has 0 fully saturated rings. The number of aromatic nitrogens is 4. The Bertz CT molecular complexity index is 476. The average molecular weight is 189 g/mol. The van der Waals surface area contributed by atoms with E-state index in [1.807, 2.05) is 12.5 Å². The van der Waals surface area contributed by atoms with Crippen LogP contribution in [0.25, 0.3) is 11.0 Å². The van der Waals surface area contributed by atoms with Gasteiger partial charge in [-0.2, -0.15) is 5.10 Å². The van der Waals surface area contributed by atoms with Crippen LogP contribution in [0.15, 0.2) is 6.33 Å². The molecule has 2 heterocycles. The zero-order valence-electron chi connectivity index (χ0n) is 8.52. The Morgan fingerprint density at radius 1 is 1.43 bits per heavy atom. The van der Waals surface area contributed by atoms with Crippen LogP contribution >= 0.6 is 0 Å². The van der Waals surface area contributed by atoms with Gasteiger partial charge >= 0.3 is 0 Å². The molecule has 2 rings (SSSR count). The van der Waals surface area contributed by atoms with Gasteiger partial charge < -0.3 is 5.73 Å². The van der Waals surface area contributed by atoms with Crippen LogP contribution in [0.2, 0.25) is 0 Å². The Balaban J connectivity index is 2.81. The van der Waals surface area contributed by atoms with Crippen molar-refractivity contribution in [3.05, 3.63) is 6.33 Å². The fourth-order valence-corrected chi connectivity index (χ4v) is 1.61. The second-order valence-corrected chi connectivity index (χ2v) is 3.58. The Labute approximate surface area is 82.7 Å². The quantitative estimate of drug-likeness (QED) is 0.599. The smallest absolute Gasteiger partial charge is 0.185 e. The van der Waals surface area contributed by atoms with Crippen LogP contribution in [-0.2, 0) is 0 Å². The number of anilines is 1. The Morgan fingerprint density at radius 2 is 2.14 bits per heavy atom. The maximum absolute atomic E-state index is 5.77. The number of rotatable bonds is 1. The van der Waals surface area contributed by atoms with Crippen LogP contribution in [0.4, 0.5) is 5.82 Å². The standard InChI is InChI=1S/C8H12BN5/c1-4(2)14-6(9)5-7(10)11-3-12-8(5)13-14/h3-4H,9H2,1-2H3,(H2,10,11,12,13). The van der Waals surface area contributed by atoms with Crippen LogP contribution < -0.4 is 11.3 Å². The first-order valence-electron chi connectivity index (χ1n) is 4.56. The van der Waals surface area contributed by atoms with Gasteiger partial charge in [-0.3, -0.25) is 4.68 Å². The Morgan fingerprint density at radius 3 is 2.71 bits per heavy atom. The number of nitrogens with two attached hydrogens (primary N) is 1. The zero-order chi connectivity index (χ0) is 10.3. The van der Waals surface area contributed by atoms with E-state index in [9.17, 15) is 0 Å². The summed E-state index contributed by atoms with van der Waals surface area (Å²) in [6, 6.07) is 0.309. The van der Waals surface area contributed by atoms with Crippen molar-refractivity contribution in [3.8, 4) is 0 Å². The molecule has 0 unspecified atom stereocenters. The van der Waals surface area contributed by atoms with E-state index in [2.05, 4.69) is 28.9 Å². The Kier molecular flexibility index (Phi) is 1.91. The van der Waals surface area contributed by atoms with E-state index >= 15 is 0 Å². The monoisotopic (exact) mass is 189 g/mol. The van der Waals surface area contributed by atoms with Crippen LogP contribution in [0.1, 0.15) is 19.9 Å².